The van der Waals surface area contributed by atoms with Crippen molar-refractivity contribution < 1.29 is 9.53 Å². The zero-order valence-electron chi connectivity index (χ0n) is 6.76. The molecule has 0 N–H and O–H groups in total. The van der Waals surface area contributed by atoms with E-state index < -0.39 is 0 Å². The Bertz CT molecular complexity index is 142. The largest absolute Gasteiger partial charge is 0.462 e. The fourth-order valence-corrected chi connectivity index (χ4v) is 1.33. The molecule has 0 aromatic rings. The maximum Gasteiger partial charge on any atom is 0.302 e. The molecule has 1 saturated carbocycles. The van der Waals surface area contributed by atoms with Crippen molar-refractivity contribution in [3.8, 4) is 0 Å². The van der Waals surface area contributed by atoms with Gasteiger partial charge in [0, 0.05) is 6.92 Å². The highest BCUT2D eigenvalue weighted by molar-refractivity contribution is 5.66. The van der Waals surface area contributed by atoms with Crippen LogP contribution in [-0.4, -0.2) is 12.1 Å². The molecule has 0 amide bonds. The van der Waals surface area contributed by atoms with Gasteiger partial charge < -0.3 is 4.74 Å². The molecular weight excluding hydrogens is 128 g/mol. The Morgan fingerprint density at radius 2 is 2.10 bits per heavy atom. The van der Waals surface area contributed by atoms with Crippen molar-refractivity contribution in [2.75, 3.05) is 0 Å². The normalized spacial score (nSPS) is 38.5. The summed E-state index contributed by atoms with van der Waals surface area (Å²) in [4.78, 5) is 10.5. The number of carbonyl (C=O) groups is 1. The van der Waals surface area contributed by atoms with Crippen molar-refractivity contribution in [2.45, 2.75) is 33.3 Å². The monoisotopic (exact) mass is 142 g/mol. The van der Waals surface area contributed by atoms with Gasteiger partial charge in [0.1, 0.15) is 6.10 Å². The molecule has 1 aliphatic rings. The molecule has 10 heavy (non-hydrogen) atoms. The minimum atomic E-state index is -0.149. The van der Waals surface area contributed by atoms with Gasteiger partial charge in [-0.25, -0.2) is 0 Å². The van der Waals surface area contributed by atoms with Crippen LogP contribution in [0, 0.1) is 11.8 Å². The molecule has 0 radical (unpaired) electrons. The molecule has 3 unspecified atom stereocenters. The summed E-state index contributed by atoms with van der Waals surface area (Å²) in [5.74, 6) is 1.14. The van der Waals surface area contributed by atoms with Crippen LogP contribution in [0.4, 0.5) is 0 Å². The molecule has 0 spiro atoms. The summed E-state index contributed by atoms with van der Waals surface area (Å²) in [5.41, 5.74) is 0. The highest BCUT2D eigenvalue weighted by Gasteiger charge is 2.36. The second-order valence-corrected chi connectivity index (χ2v) is 3.22. The second-order valence-electron chi connectivity index (χ2n) is 3.22. The summed E-state index contributed by atoms with van der Waals surface area (Å²) < 4.78 is 5.03. The minimum absolute atomic E-state index is 0.149. The highest BCUT2D eigenvalue weighted by atomic mass is 16.5. The fraction of sp³-hybridized carbons (Fsp3) is 0.875. The van der Waals surface area contributed by atoms with E-state index in [1.165, 1.54) is 6.92 Å². The lowest BCUT2D eigenvalue weighted by Gasteiger charge is -2.39. The quantitative estimate of drug-likeness (QED) is 0.520. The summed E-state index contributed by atoms with van der Waals surface area (Å²) in [7, 11) is 0. The number of hydrogen-bond acceptors (Lipinski definition) is 2. The topological polar surface area (TPSA) is 26.3 Å². The predicted molar refractivity (Wildman–Crippen MR) is 38.5 cm³/mol. The van der Waals surface area contributed by atoms with E-state index in [9.17, 15) is 4.79 Å². The molecule has 2 nitrogen and oxygen atoms in total. The lowest BCUT2D eigenvalue weighted by molar-refractivity contribution is -0.158. The Balaban J connectivity index is 2.27. The number of carbonyl (C=O) groups excluding carboxylic acids is 1. The average molecular weight is 142 g/mol. The van der Waals surface area contributed by atoms with Crippen LogP contribution in [-0.2, 0) is 9.53 Å². The molecule has 0 saturated heterocycles. The van der Waals surface area contributed by atoms with E-state index in [4.69, 9.17) is 4.74 Å². The number of ether oxygens (including phenoxy) is 1. The minimum Gasteiger partial charge on any atom is -0.462 e. The van der Waals surface area contributed by atoms with E-state index in [1.54, 1.807) is 0 Å². The van der Waals surface area contributed by atoms with Crippen molar-refractivity contribution in [2.24, 2.45) is 11.8 Å². The molecule has 1 aliphatic carbocycles. The third-order valence-electron chi connectivity index (χ3n) is 2.41. The average Bonchev–Trinajstić information content (AvgIpc) is 1.86. The Labute approximate surface area is 61.6 Å². The van der Waals surface area contributed by atoms with Crippen LogP contribution in [0.25, 0.3) is 0 Å². The highest BCUT2D eigenvalue weighted by Crippen LogP contribution is 2.35. The smallest absolute Gasteiger partial charge is 0.302 e. The summed E-state index contributed by atoms with van der Waals surface area (Å²) in [6.07, 6.45) is 1.24. The summed E-state index contributed by atoms with van der Waals surface area (Å²) in [6, 6.07) is 0. The Morgan fingerprint density at radius 3 is 2.40 bits per heavy atom. The van der Waals surface area contributed by atoms with Crippen LogP contribution in [0.3, 0.4) is 0 Å². The van der Waals surface area contributed by atoms with Crippen LogP contribution < -0.4 is 0 Å². The van der Waals surface area contributed by atoms with Gasteiger partial charge in [0.2, 0.25) is 0 Å². The maximum atomic E-state index is 10.5. The van der Waals surface area contributed by atoms with Crippen molar-refractivity contribution in [1.82, 2.24) is 0 Å². The van der Waals surface area contributed by atoms with Crippen molar-refractivity contribution in [3.63, 3.8) is 0 Å². The SMILES string of the molecule is CC(=O)OC1CC(C)C1C. The zero-order chi connectivity index (χ0) is 7.72. The molecule has 1 rings (SSSR count). The van der Waals surface area contributed by atoms with Gasteiger partial charge in [-0.15, -0.1) is 0 Å². The van der Waals surface area contributed by atoms with Crippen LogP contribution in [0.15, 0.2) is 0 Å². The van der Waals surface area contributed by atoms with Gasteiger partial charge in [0.05, 0.1) is 0 Å². The fourth-order valence-electron chi connectivity index (χ4n) is 1.33. The van der Waals surface area contributed by atoms with E-state index in [2.05, 4.69) is 13.8 Å². The van der Waals surface area contributed by atoms with E-state index in [0.29, 0.717) is 5.92 Å². The third kappa shape index (κ3) is 1.31. The lowest BCUT2D eigenvalue weighted by atomic mass is 9.73. The van der Waals surface area contributed by atoms with E-state index in [1.807, 2.05) is 0 Å². The number of rotatable bonds is 1. The van der Waals surface area contributed by atoms with Gasteiger partial charge in [0.15, 0.2) is 0 Å². The van der Waals surface area contributed by atoms with Gasteiger partial charge in [-0.2, -0.15) is 0 Å². The maximum absolute atomic E-state index is 10.5. The van der Waals surface area contributed by atoms with Crippen LogP contribution >= 0.6 is 0 Å². The Hall–Kier alpha value is -0.530. The molecule has 0 aliphatic heterocycles. The summed E-state index contributed by atoms with van der Waals surface area (Å²) in [6.45, 7) is 5.78. The first-order valence-electron chi connectivity index (χ1n) is 3.78. The number of hydrogen-bond donors (Lipinski definition) is 0. The van der Waals surface area contributed by atoms with Gasteiger partial charge in [-0.1, -0.05) is 13.8 Å². The molecule has 0 aromatic carbocycles. The molecular formula is C8H14O2. The predicted octanol–water partition coefficient (Wildman–Crippen LogP) is 1.59. The molecule has 0 heterocycles. The molecule has 0 bridgehead atoms. The van der Waals surface area contributed by atoms with Crippen molar-refractivity contribution in [3.05, 3.63) is 0 Å². The second kappa shape index (κ2) is 2.60. The van der Waals surface area contributed by atoms with E-state index in [-0.39, 0.29) is 12.1 Å². The van der Waals surface area contributed by atoms with Gasteiger partial charge >= 0.3 is 5.97 Å². The molecule has 2 heteroatoms. The molecule has 0 aromatic heterocycles. The summed E-state index contributed by atoms with van der Waals surface area (Å²) >= 11 is 0. The third-order valence-corrected chi connectivity index (χ3v) is 2.41. The first kappa shape index (κ1) is 7.58. The van der Waals surface area contributed by atoms with E-state index >= 15 is 0 Å². The number of esters is 1. The van der Waals surface area contributed by atoms with Crippen molar-refractivity contribution in [1.29, 1.82) is 0 Å². The van der Waals surface area contributed by atoms with Crippen LogP contribution in [0.5, 0.6) is 0 Å². The van der Waals surface area contributed by atoms with Crippen LogP contribution in [0.1, 0.15) is 27.2 Å². The van der Waals surface area contributed by atoms with Crippen LogP contribution in [0.2, 0.25) is 0 Å². The zero-order valence-corrected chi connectivity index (χ0v) is 6.76. The van der Waals surface area contributed by atoms with Gasteiger partial charge in [-0.05, 0) is 18.3 Å². The Morgan fingerprint density at radius 1 is 1.50 bits per heavy atom. The molecule has 1 fully saturated rings. The first-order valence-corrected chi connectivity index (χ1v) is 3.78. The molecule has 3 atom stereocenters. The standard InChI is InChI=1S/C8H14O2/c1-5-4-8(6(5)2)10-7(3)9/h5-6,8H,4H2,1-3H3. The van der Waals surface area contributed by atoms with Gasteiger partial charge in [0.25, 0.3) is 0 Å². The van der Waals surface area contributed by atoms with Crippen molar-refractivity contribution >= 4 is 5.97 Å². The summed E-state index contributed by atoms with van der Waals surface area (Å²) in [5, 5.41) is 0. The first-order chi connectivity index (χ1) is 4.61. The Kier molecular flexibility index (Phi) is 1.97. The van der Waals surface area contributed by atoms with E-state index in [0.717, 1.165) is 12.3 Å². The van der Waals surface area contributed by atoms with Gasteiger partial charge in [-0.3, -0.25) is 4.79 Å². The molecule has 58 valence electrons. The lowest BCUT2D eigenvalue weighted by Crippen LogP contribution is -2.40.